The van der Waals surface area contributed by atoms with Gasteiger partial charge in [-0.05, 0) is 18.8 Å². The summed E-state index contributed by atoms with van der Waals surface area (Å²) in [5.41, 5.74) is 0. The van der Waals surface area contributed by atoms with E-state index in [1.165, 1.54) is 0 Å². The molecule has 1 saturated carbocycles. The van der Waals surface area contributed by atoms with Crippen LogP contribution in [0.15, 0.2) is 0 Å². The summed E-state index contributed by atoms with van der Waals surface area (Å²) in [5, 5.41) is 36.0. The molecule has 4 nitrogen and oxygen atoms in total. The zero-order chi connectivity index (χ0) is 8.48. The lowest BCUT2D eigenvalue weighted by atomic mass is 9.83. The first-order valence-corrected chi connectivity index (χ1v) is 3.80. The molecule has 2 unspecified atom stereocenters. The van der Waals surface area contributed by atoms with Crippen molar-refractivity contribution in [2.24, 2.45) is 5.92 Å². The fraction of sp³-hybridized carbons (Fsp3) is 1.00. The van der Waals surface area contributed by atoms with Crippen LogP contribution < -0.4 is 0 Å². The van der Waals surface area contributed by atoms with E-state index < -0.39 is 11.9 Å². The van der Waals surface area contributed by atoms with Gasteiger partial charge in [0.2, 0.25) is 0 Å². The molecule has 2 atom stereocenters. The molecular weight excluding hydrogens is 148 g/mol. The SMILES string of the molecule is OCC1CCC(O)(O)C(O)C1. The van der Waals surface area contributed by atoms with Crippen LogP contribution in [0.3, 0.4) is 0 Å². The first-order valence-electron chi connectivity index (χ1n) is 3.80. The van der Waals surface area contributed by atoms with Crippen molar-refractivity contribution >= 4 is 0 Å². The molecule has 1 aliphatic carbocycles. The van der Waals surface area contributed by atoms with Gasteiger partial charge in [-0.25, -0.2) is 0 Å². The van der Waals surface area contributed by atoms with Gasteiger partial charge in [0.05, 0.1) is 0 Å². The molecule has 0 saturated heterocycles. The second kappa shape index (κ2) is 3.06. The summed E-state index contributed by atoms with van der Waals surface area (Å²) < 4.78 is 0. The average Bonchev–Trinajstić information content (AvgIpc) is 1.95. The van der Waals surface area contributed by atoms with Crippen LogP contribution in [0, 0.1) is 5.92 Å². The lowest BCUT2D eigenvalue weighted by Gasteiger charge is -2.35. The van der Waals surface area contributed by atoms with E-state index in [2.05, 4.69) is 0 Å². The van der Waals surface area contributed by atoms with Crippen molar-refractivity contribution < 1.29 is 20.4 Å². The van der Waals surface area contributed by atoms with Gasteiger partial charge in [-0.2, -0.15) is 0 Å². The molecule has 4 N–H and O–H groups in total. The Kier molecular flexibility index (Phi) is 2.49. The minimum absolute atomic E-state index is 0.00708. The smallest absolute Gasteiger partial charge is 0.189 e. The molecule has 66 valence electrons. The molecule has 0 aliphatic heterocycles. The maximum atomic E-state index is 9.13. The van der Waals surface area contributed by atoms with Gasteiger partial charge in [0.25, 0.3) is 0 Å². The number of hydrogen-bond donors (Lipinski definition) is 4. The number of rotatable bonds is 1. The van der Waals surface area contributed by atoms with Crippen LogP contribution >= 0.6 is 0 Å². The summed E-state index contributed by atoms with van der Waals surface area (Å²) in [7, 11) is 0. The average molecular weight is 162 g/mol. The van der Waals surface area contributed by atoms with Gasteiger partial charge < -0.3 is 20.4 Å². The minimum atomic E-state index is -1.94. The fourth-order valence-electron chi connectivity index (χ4n) is 1.37. The quantitative estimate of drug-likeness (QED) is 0.366. The van der Waals surface area contributed by atoms with Crippen molar-refractivity contribution in [3.05, 3.63) is 0 Å². The predicted molar refractivity (Wildman–Crippen MR) is 37.6 cm³/mol. The van der Waals surface area contributed by atoms with E-state index in [0.717, 1.165) is 0 Å². The van der Waals surface area contributed by atoms with Crippen LogP contribution in [0.25, 0.3) is 0 Å². The molecule has 0 aromatic rings. The summed E-state index contributed by atoms with van der Waals surface area (Å²) in [6, 6.07) is 0. The van der Waals surface area contributed by atoms with Crippen molar-refractivity contribution in [3.8, 4) is 0 Å². The normalized spacial score (nSPS) is 37.1. The first kappa shape index (κ1) is 8.93. The van der Waals surface area contributed by atoms with E-state index in [9.17, 15) is 0 Å². The van der Waals surface area contributed by atoms with Crippen molar-refractivity contribution in [1.29, 1.82) is 0 Å². The zero-order valence-corrected chi connectivity index (χ0v) is 6.27. The van der Waals surface area contributed by atoms with Crippen molar-refractivity contribution in [3.63, 3.8) is 0 Å². The van der Waals surface area contributed by atoms with Gasteiger partial charge in [-0.15, -0.1) is 0 Å². The molecule has 1 fully saturated rings. The van der Waals surface area contributed by atoms with Gasteiger partial charge in [-0.3, -0.25) is 0 Å². The molecule has 0 aromatic heterocycles. The highest BCUT2D eigenvalue weighted by atomic mass is 16.5. The van der Waals surface area contributed by atoms with Gasteiger partial charge in [0, 0.05) is 13.0 Å². The van der Waals surface area contributed by atoms with E-state index in [-0.39, 0.29) is 25.4 Å². The third-order valence-corrected chi connectivity index (χ3v) is 2.27. The van der Waals surface area contributed by atoms with Crippen molar-refractivity contribution in [2.45, 2.75) is 31.2 Å². The highest BCUT2D eigenvalue weighted by Crippen LogP contribution is 2.29. The van der Waals surface area contributed by atoms with Crippen LogP contribution in [-0.2, 0) is 0 Å². The van der Waals surface area contributed by atoms with Crippen molar-refractivity contribution in [1.82, 2.24) is 0 Å². The van der Waals surface area contributed by atoms with Crippen LogP contribution in [0.5, 0.6) is 0 Å². The zero-order valence-electron chi connectivity index (χ0n) is 6.27. The van der Waals surface area contributed by atoms with Gasteiger partial charge in [-0.1, -0.05) is 0 Å². The highest BCUT2D eigenvalue weighted by Gasteiger charge is 2.38. The summed E-state index contributed by atoms with van der Waals surface area (Å²) >= 11 is 0. The van der Waals surface area contributed by atoms with E-state index in [1.807, 2.05) is 0 Å². The molecule has 11 heavy (non-hydrogen) atoms. The molecule has 1 rings (SSSR count). The highest BCUT2D eigenvalue weighted by molar-refractivity contribution is 4.83. The molecule has 0 spiro atoms. The maximum absolute atomic E-state index is 9.13. The molecule has 0 bridgehead atoms. The van der Waals surface area contributed by atoms with Crippen LogP contribution in [0.2, 0.25) is 0 Å². The Hall–Kier alpha value is -0.160. The fourth-order valence-corrected chi connectivity index (χ4v) is 1.37. The Balaban J connectivity index is 2.48. The standard InChI is InChI=1S/C7H14O4/c8-4-5-1-2-7(10,11)6(9)3-5/h5-6,8-11H,1-4H2. The lowest BCUT2D eigenvalue weighted by molar-refractivity contribution is -0.247. The molecule has 0 heterocycles. The maximum Gasteiger partial charge on any atom is 0.189 e. The summed E-state index contributed by atoms with van der Waals surface area (Å²) in [6.07, 6.45) is -0.155. The third-order valence-electron chi connectivity index (χ3n) is 2.27. The van der Waals surface area contributed by atoms with Crippen LogP contribution in [-0.4, -0.2) is 38.9 Å². The van der Waals surface area contributed by atoms with E-state index >= 15 is 0 Å². The van der Waals surface area contributed by atoms with Crippen LogP contribution in [0.1, 0.15) is 19.3 Å². The summed E-state index contributed by atoms with van der Waals surface area (Å²) in [6.45, 7) is 0.00708. The molecule has 0 aromatic carbocycles. The van der Waals surface area contributed by atoms with Gasteiger partial charge >= 0.3 is 0 Å². The first-order chi connectivity index (χ1) is 5.06. The summed E-state index contributed by atoms with van der Waals surface area (Å²) in [4.78, 5) is 0. The number of aliphatic hydroxyl groups is 4. The monoisotopic (exact) mass is 162 g/mol. The second-order valence-electron chi connectivity index (χ2n) is 3.22. The largest absolute Gasteiger partial charge is 0.396 e. The predicted octanol–water partition coefficient (Wildman–Crippen LogP) is -1.18. The Morgan fingerprint density at radius 3 is 2.45 bits per heavy atom. The molecule has 0 radical (unpaired) electrons. The lowest BCUT2D eigenvalue weighted by Crippen LogP contribution is -2.47. The topological polar surface area (TPSA) is 80.9 Å². The van der Waals surface area contributed by atoms with Crippen molar-refractivity contribution in [2.75, 3.05) is 6.61 Å². The number of hydrogen-bond acceptors (Lipinski definition) is 4. The van der Waals surface area contributed by atoms with E-state index in [4.69, 9.17) is 20.4 Å². The molecule has 1 aliphatic rings. The Labute approximate surface area is 65.1 Å². The number of aliphatic hydroxyl groups excluding tert-OH is 2. The Morgan fingerprint density at radius 2 is 2.00 bits per heavy atom. The van der Waals surface area contributed by atoms with Crippen LogP contribution in [0.4, 0.5) is 0 Å². The van der Waals surface area contributed by atoms with Gasteiger partial charge in [0.15, 0.2) is 5.79 Å². The molecule has 0 amide bonds. The molecule has 4 heteroatoms. The van der Waals surface area contributed by atoms with Gasteiger partial charge in [0.1, 0.15) is 6.10 Å². The Bertz CT molecular complexity index is 134. The Morgan fingerprint density at radius 1 is 1.36 bits per heavy atom. The summed E-state index contributed by atoms with van der Waals surface area (Å²) in [5.74, 6) is -1.93. The minimum Gasteiger partial charge on any atom is -0.396 e. The molecular formula is C7H14O4. The third kappa shape index (κ3) is 1.90. The van der Waals surface area contributed by atoms with E-state index in [0.29, 0.717) is 6.42 Å². The van der Waals surface area contributed by atoms with E-state index in [1.54, 1.807) is 0 Å². The second-order valence-corrected chi connectivity index (χ2v) is 3.22.